The minimum Gasteiger partial charge on any atom is -0.321 e. The molecular formula is C16H12ClN3O. The summed E-state index contributed by atoms with van der Waals surface area (Å²) in [4.78, 5) is 12.1. The Morgan fingerprint density at radius 1 is 1.05 bits per heavy atom. The van der Waals surface area contributed by atoms with Crippen LogP contribution in [0.4, 0.5) is 5.69 Å². The van der Waals surface area contributed by atoms with Crippen LogP contribution < -0.4 is 5.32 Å². The van der Waals surface area contributed by atoms with Crippen molar-refractivity contribution in [1.82, 2.24) is 10.2 Å². The molecule has 5 heteroatoms. The van der Waals surface area contributed by atoms with Crippen LogP contribution in [0.3, 0.4) is 0 Å². The van der Waals surface area contributed by atoms with Gasteiger partial charge in [-0.05, 0) is 24.3 Å². The lowest BCUT2D eigenvalue weighted by molar-refractivity contribution is 0.102. The molecule has 3 rings (SSSR count). The third-order valence-electron chi connectivity index (χ3n) is 2.97. The first-order valence-corrected chi connectivity index (χ1v) is 6.78. The predicted molar refractivity (Wildman–Crippen MR) is 83.4 cm³/mol. The van der Waals surface area contributed by atoms with Crippen molar-refractivity contribution < 1.29 is 4.79 Å². The Labute approximate surface area is 126 Å². The predicted octanol–water partition coefficient (Wildman–Crippen LogP) is 3.98. The standard InChI is InChI=1S/C16H12ClN3O/c17-12-7-4-8-13(9-12)18-16(21)15-10-14(19-20-15)11-5-2-1-3-6-11/h1-10H,(H,18,21)(H,19,20). The van der Waals surface area contributed by atoms with E-state index >= 15 is 0 Å². The molecule has 0 saturated heterocycles. The number of anilines is 1. The van der Waals surface area contributed by atoms with Crippen LogP contribution in [0.2, 0.25) is 5.02 Å². The highest BCUT2D eigenvalue weighted by Crippen LogP contribution is 2.19. The van der Waals surface area contributed by atoms with E-state index in [4.69, 9.17) is 11.6 Å². The number of carbonyl (C=O) groups is 1. The van der Waals surface area contributed by atoms with Crippen molar-refractivity contribution in [2.24, 2.45) is 0 Å². The van der Waals surface area contributed by atoms with Crippen LogP contribution in [0.5, 0.6) is 0 Å². The molecule has 0 atom stereocenters. The second kappa shape index (κ2) is 5.81. The molecule has 2 N–H and O–H groups in total. The maximum Gasteiger partial charge on any atom is 0.273 e. The summed E-state index contributed by atoms with van der Waals surface area (Å²) in [6.45, 7) is 0. The molecule has 4 nitrogen and oxygen atoms in total. The monoisotopic (exact) mass is 297 g/mol. The molecule has 0 radical (unpaired) electrons. The largest absolute Gasteiger partial charge is 0.321 e. The molecular weight excluding hydrogens is 286 g/mol. The Hall–Kier alpha value is -2.59. The maximum absolute atomic E-state index is 12.1. The summed E-state index contributed by atoms with van der Waals surface area (Å²) >= 11 is 5.89. The van der Waals surface area contributed by atoms with E-state index in [1.807, 2.05) is 30.3 Å². The molecule has 0 aliphatic rings. The number of hydrogen-bond acceptors (Lipinski definition) is 2. The van der Waals surface area contributed by atoms with Gasteiger partial charge in [0.25, 0.3) is 5.91 Å². The van der Waals surface area contributed by atoms with Gasteiger partial charge in [-0.1, -0.05) is 48.0 Å². The molecule has 3 aromatic rings. The van der Waals surface area contributed by atoms with Crippen LogP contribution in [-0.2, 0) is 0 Å². The molecule has 1 aromatic heterocycles. The number of carbonyl (C=O) groups excluding carboxylic acids is 1. The van der Waals surface area contributed by atoms with Gasteiger partial charge in [0.1, 0.15) is 5.69 Å². The Balaban J connectivity index is 1.78. The first-order chi connectivity index (χ1) is 10.2. The van der Waals surface area contributed by atoms with Gasteiger partial charge in [0.15, 0.2) is 0 Å². The molecule has 21 heavy (non-hydrogen) atoms. The van der Waals surface area contributed by atoms with Crippen molar-refractivity contribution in [3.63, 3.8) is 0 Å². The van der Waals surface area contributed by atoms with Gasteiger partial charge < -0.3 is 5.32 Å². The number of nitrogens with one attached hydrogen (secondary N) is 2. The Morgan fingerprint density at radius 3 is 2.62 bits per heavy atom. The highest BCUT2D eigenvalue weighted by molar-refractivity contribution is 6.30. The van der Waals surface area contributed by atoms with Gasteiger partial charge in [-0.2, -0.15) is 5.10 Å². The fourth-order valence-corrected chi connectivity index (χ4v) is 2.15. The lowest BCUT2D eigenvalue weighted by atomic mass is 10.1. The smallest absolute Gasteiger partial charge is 0.273 e. The number of nitrogens with zero attached hydrogens (tertiary/aromatic N) is 1. The van der Waals surface area contributed by atoms with Crippen LogP contribution in [0.15, 0.2) is 60.7 Å². The van der Waals surface area contributed by atoms with Crippen molar-refractivity contribution in [2.45, 2.75) is 0 Å². The van der Waals surface area contributed by atoms with Crippen molar-refractivity contribution in [3.05, 3.63) is 71.4 Å². The number of H-pyrrole nitrogens is 1. The number of halogens is 1. The quantitative estimate of drug-likeness (QED) is 0.768. The first-order valence-electron chi connectivity index (χ1n) is 6.40. The average molecular weight is 298 g/mol. The summed E-state index contributed by atoms with van der Waals surface area (Å²) in [5.41, 5.74) is 2.72. The number of benzene rings is 2. The lowest BCUT2D eigenvalue weighted by Crippen LogP contribution is -2.12. The van der Waals surface area contributed by atoms with Gasteiger partial charge in [-0.25, -0.2) is 0 Å². The first kappa shape index (κ1) is 13.4. The summed E-state index contributed by atoms with van der Waals surface area (Å²) < 4.78 is 0. The SMILES string of the molecule is O=C(Nc1cccc(Cl)c1)c1cc(-c2ccccc2)n[nH]1. The minimum atomic E-state index is -0.257. The Kier molecular flexibility index (Phi) is 3.71. The van der Waals surface area contributed by atoms with Crippen LogP contribution in [0.25, 0.3) is 11.3 Å². The van der Waals surface area contributed by atoms with Crippen molar-refractivity contribution in [3.8, 4) is 11.3 Å². The molecule has 0 unspecified atom stereocenters. The van der Waals surface area contributed by atoms with Crippen LogP contribution in [-0.4, -0.2) is 16.1 Å². The van der Waals surface area contributed by atoms with E-state index in [1.54, 1.807) is 30.3 Å². The van der Waals surface area contributed by atoms with Gasteiger partial charge in [-0.15, -0.1) is 0 Å². The molecule has 0 bridgehead atoms. The zero-order valence-electron chi connectivity index (χ0n) is 11.0. The van der Waals surface area contributed by atoms with Crippen LogP contribution >= 0.6 is 11.6 Å². The van der Waals surface area contributed by atoms with E-state index in [0.717, 1.165) is 11.3 Å². The van der Waals surface area contributed by atoms with E-state index in [2.05, 4.69) is 15.5 Å². The van der Waals surface area contributed by atoms with Crippen LogP contribution in [0.1, 0.15) is 10.5 Å². The fraction of sp³-hybridized carbons (Fsp3) is 0. The lowest BCUT2D eigenvalue weighted by Gasteiger charge is -2.03. The summed E-state index contributed by atoms with van der Waals surface area (Å²) in [7, 11) is 0. The minimum absolute atomic E-state index is 0.257. The summed E-state index contributed by atoms with van der Waals surface area (Å²) in [6, 6.07) is 18.4. The van der Waals surface area contributed by atoms with Crippen molar-refractivity contribution in [1.29, 1.82) is 0 Å². The van der Waals surface area contributed by atoms with E-state index in [9.17, 15) is 4.79 Å². The molecule has 0 saturated carbocycles. The van der Waals surface area contributed by atoms with E-state index in [0.29, 0.717) is 16.4 Å². The molecule has 0 aliphatic carbocycles. The van der Waals surface area contributed by atoms with E-state index in [-0.39, 0.29) is 5.91 Å². The van der Waals surface area contributed by atoms with Crippen LogP contribution in [0, 0.1) is 0 Å². The van der Waals surface area contributed by atoms with E-state index < -0.39 is 0 Å². The van der Waals surface area contributed by atoms with Gasteiger partial charge in [0, 0.05) is 16.3 Å². The van der Waals surface area contributed by atoms with Gasteiger partial charge in [0.05, 0.1) is 5.69 Å². The fourth-order valence-electron chi connectivity index (χ4n) is 1.96. The highest BCUT2D eigenvalue weighted by atomic mass is 35.5. The average Bonchev–Trinajstić information content (AvgIpc) is 2.98. The maximum atomic E-state index is 12.1. The highest BCUT2D eigenvalue weighted by Gasteiger charge is 2.11. The molecule has 1 amide bonds. The zero-order chi connectivity index (χ0) is 14.7. The molecule has 104 valence electrons. The molecule has 0 aliphatic heterocycles. The normalized spacial score (nSPS) is 10.3. The topological polar surface area (TPSA) is 57.8 Å². The summed E-state index contributed by atoms with van der Waals surface area (Å²) in [5, 5.41) is 10.2. The number of aromatic amines is 1. The zero-order valence-corrected chi connectivity index (χ0v) is 11.8. The summed E-state index contributed by atoms with van der Waals surface area (Å²) in [6.07, 6.45) is 0. The van der Waals surface area contributed by atoms with Gasteiger partial charge >= 0.3 is 0 Å². The molecule has 0 fully saturated rings. The third-order valence-corrected chi connectivity index (χ3v) is 3.21. The van der Waals surface area contributed by atoms with Crippen molar-refractivity contribution >= 4 is 23.2 Å². The van der Waals surface area contributed by atoms with Crippen molar-refractivity contribution in [2.75, 3.05) is 5.32 Å². The number of hydrogen-bond donors (Lipinski definition) is 2. The van der Waals surface area contributed by atoms with Gasteiger partial charge in [-0.3, -0.25) is 9.89 Å². The number of rotatable bonds is 3. The Morgan fingerprint density at radius 2 is 1.86 bits per heavy atom. The summed E-state index contributed by atoms with van der Waals surface area (Å²) in [5.74, 6) is -0.257. The molecule has 2 aromatic carbocycles. The molecule has 1 heterocycles. The third kappa shape index (κ3) is 3.12. The van der Waals surface area contributed by atoms with E-state index in [1.165, 1.54) is 0 Å². The molecule has 0 spiro atoms. The number of aromatic nitrogens is 2. The second-order valence-electron chi connectivity index (χ2n) is 4.50. The second-order valence-corrected chi connectivity index (χ2v) is 4.93. The Bertz CT molecular complexity index is 768. The van der Waals surface area contributed by atoms with Gasteiger partial charge in [0.2, 0.25) is 0 Å². The number of amides is 1.